The summed E-state index contributed by atoms with van der Waals surface area (Å²) in [7, 11) is 0. The van der Waals surface area contributed by atoms with Gasteiger partial charge in [-0.3, -0.25) is 4.79 Å². The molecule has 24 heavy (non-hydrogen) atoms. The molecule has 1 aromatic carbocycles. The van der Waals surface area contributed by atoms with E-state index in [0.717, 1.165) is 5.75 Å². The largest absolute Gasteiger partial charge is 0.494 e. The highest BCUT2D eigenvalue weighted by molar-refractivity contribution is 5.96. The number of aryl methyl sites for hydroxylation is 2. The average Bonchev–Trinajstić information content (AvgIpc) is 3.01. The van der Waals surface area contributed by atoms with Crippen LogP contribution in [0.2, 0.25) is 0 Å². The molecule has 0 atom stereocenters. The highest BCUT2D eigenvalue weighted by Gasteiger charge is 2.19. The molecule has 2 rings (SSSR count). The molecule has 0 aliphatic heterocycles. The van der Waals surface area contributed by atoms with Crippen LogP contribution < -0.4 is 10.1 Å². The van der Waals surface area contributed by atoms with Gasteiger partial charge in [-0.25, -0.2) is 4.79 Å². The molecular formula is C18H21NO5. The van der Waals surface area contributed by atoms with Crippen LogP contribution in [-0.2, 0) is 6.42 Å². The summed E-state index contributed by atoms with van der Waals surface area (Å²) in [6.45, 7) is 4.67. The Balaban J connectivity index is 1.77. The maximum atomic E-state index is 12.0. The molecule has 0 unspecified atom stereocenters. The first-order chi connectivity index (χ1) is 11.5. The molecule has 2 aromatic rings. The first kappa shape index (κ1) is 17.6. The van der Waals surface area contributed by atoms with E-state index >= 15 is 0 Å². The summed E-state index contributed by atoms with van der Waals surface area (Å²) in [6, 6.07) is 9.00. The first-order valence-corrected chi connectivity index (χ1v) is 7.85. The van der Waals surface area contributed by atoms with Crippen molar-refractivity contribution in [3.8, 4) is 5.75 Å². The second-order valence-electron chi connectivity index (χ2n) is 5.38. The second kappa shape index (κ2) is 8.19. The number of amides is 1. The minimum atomic E-state index is -1.10. The minimum absolute atomic E-state index is 0.0173. The van der Waals surface area contributed by atoms with Gasteiger partial charge in [0.15, 0.2) is 5.76 Å². The predicted octanol–water partition coefficient (Wildman–Crippen LogP) is 3.05. The van der Waals surface area contributed by atoms with Gasteiger partial charge in [-0.15, -0.1) is 0 Å². The number of carboxylic acid groups (broad SMARTS) is 1. The Bertz CT molecular complexity index is 703. The molecule has 1 aromatic heterocycles. The third-order valence-corrected chi connectivity index (χ3v) is 3.48. The Morgan fingerprint density at radius 3 is 2.54 bits per heavy atom. The second-order valence-corrected chi connectivity index (χ2v) is 5.38. The van der Waals surface area contributed by atoms with E-state index in [2.05, 4.69) is 5.32 Å². The molecule has 128 valence electrons. The SMILES string of the molecule is CCc1oc(C(=O)NCCCOc2ccc(C)cc2)cc1C(=O)O. The average molecular weight is 331 g/mol. The number of carbonyl (C=O) groups excluding carboxylic acids is 1. The van der Waals surface area contributed by atoms with Crippen molar-refractivity contribution >= 4 is 11.9 Å². The molecule has 0 radical (unpaired) electrons. The zero-order valence-electron chi connectivity index (χ0n) is 13.8. The van der Waals surface area contributed by atoms with E-state index in [9.17, 15) is 9.59 Å². The maximum Gasteiger partial charge on any atom is 0.339 e. The smallest absolute Gasteiger partial charge is 0.339 e. The summed E-state index contributed by atoms with van der Waals surface area (Å²) in [5.74, 6) is -0.413. The summed E-state index contributed by atoms with van der Waals surface area (Å²) in [6.07, 6.45) is 1.05. The van der Waals surface area contributed by atoms with Gasteiger partial charge in [-0.05, 0) is 25.5 Å². The Kier molecular flexibility index (Phi) is 6.01. The molecule has 0 saturated carbocycles. The number of furan rings is 1. The van der Waals surface area contributed by atoms with Crippen molar-refractivity contribution in [3.63, 3.8) is 0 Å². The number of rotatable bonds is 8. The zero-order valence-corrected chi connectivity index (χ0v) is 13.8. The Morgan fingerprint density at radius 2 is 1.96 bits per heavy atom. The number of hydrogen-bond acceptors (Lipinski definition) is 4. The molecule has 0 spiro atoms. The lowest BCUT2D eigenvalue weighted by Crippen LogP contribution is -2.25. The molecule has 0 saturated heterocycles. The molecule has 6 nitrogen and oxygen atoms in total. The minimum Gasteiger partial charge on any atom is -0.494 e. The van der Waals surface area contributed by atoms with Crippen molar-refractivity contribution in [1.29, 1.82) is 0 Å². The van der Waals surface area contributed by atoms with Gasteiger partial charge < -0.3 is 19.6 Å². The first-order valence-electron chi connectivity index (χ1n) is 7.85. The summed E-state index contributed by atoms with van der Waals surface area (Å²) in [4.78, 5) is 23.0. The molecule has 1 amide bonds. The van der Waals surface area contributed by atoms with Crippen LogP contribution >= 0.6 is 0 Å². The van der Waals surface area contributed by atoms with E-state index in [1.165, 1.54) is 11.6 Å². The fourth-order valence-electron chi connectivity index (χ4n) is 2.17. The molecule has 0 aliphatic carbocycles. The van der Waals surface area contributed by atoms with Crippen molar-refractivity contribution in [3.05, 3.63) is 53.0 Å². The van der Waals surface area contributed by atoms with Crippen LogP contribution in [0.15, 0.2) is 34.7 Å². The van der Waals surface area contributed by atoms with Crippen LogP contribution in [0.1, 0.15) is 45.6 Å². The quantitative estimate of drug-likeness (QED) is 0.726. The molecule has 0 aliphatic rings. The summed E-state index contributed by atoms with van der Waals surface area (Å²) >= 11 is 0. The van der Waals surface area contributed by atoms with Gasteiger partial charge in [0.05, 0.1) is 6.61 Å². The summed E-state index contributed by atoms with van der Waals surface area (Å²) in [5, 5.41) is 11.7. The van der Waals surface area contributed by atoms with Crippen molar-refractivity contribution in [2.75, 3.05) is 13.2 Å². The summed E-state index contributed by atoms with van der Waals surface area (Å²) < 4.78 is 10.9. The van der Waals surface area contributed by atoms with Crippen molar-refractivity contribution in [2.45, 2.75) is 26.7 Å². The fourth-order valence-corrected chi connectivity index (χ4v) is 2.17. The van der Waals surface area contributed by atoms with E-state index in [4.69, 9.17) is 14.3 Å². The van der Waals surface area contributed by atoms with Crippen LogP contribution in [-0.4, -0.2) is 30.1 Å². The lowest BCUT2D eigenvalue weighted by Gasteiger charge is -2.07. The van der Waals surface area contributed by atoms with Crippen LogP contribution in [0, 0.1) is 6.92 Å². The van der Waals surface area contributed by atoms with Gasteiger partial charge in [0, 0.05) is 19.0 Å². The van der Waals surface area contributed by atoms with E-state index in [0.29, 0.717) is 31.8 Å². The monoisotopic (exact) mass is 331 g/mol. The third kappa shape index (κ3) is 4.62. The Morgan fingerprint density at radius 1 is 1.25 bits per heavy atom. The van der Waals surface area contributed by atoms with E-state index < -0.39 is 11.9 Å². The lowest BCUT2D eigenvalue weighted by molar-refractivity contribution is 0.0694. The molecule has 1 heterocycles. The third-order valence-electron chi connectivity index (χ3n) is 3.48. The Labute approximate surface area is 140 Å². The molecule has 0 fully saturated rings. The highest BCUT2D eigenvalue weighted by Crippen LogP contribution is 2.16. The predicted molar refractivity (Wildman–Crippen MR) is 88.7 cm³/mol. The standard InChI is InChI=1S/C18H21NO5/c1-3-15-14(18(21)22)11-16(24-15)17(20)19-9-4-10-23-13-7-5-12(2)6-8-13/h5-8,11H,3-4,9-10H2,1-2H3,(H,19,20)(H,21,22). The van der Waals surface area contributed by atoms with E-state index in [1.54, 1.807) is 6.92 Å². The highest BCUT2D eigenvalue weighted by atomic mass is 16.5. The van der Waals surface area contributed by atoms with Crippen LogP contribution in [0.5, 0.6) is 5.75 Å². The van der Waals surface area contributed by atoms with Gasteiger partial charge in [0.1, 0.15) is 17.1 Å². The fraction of sp³-hybridized carbons (Fsp3) is 0.333. The topological polar surface area (TPSA) is 88.8 Å². The van der Waals surface area contributed by atoms with Gasteiger partial charge in [-0.2, -0.15) is 0 Å². The van der Waals surface area contributed by atoms with Gasteiger partial charge in [-0.1, -0.05) is 24.6 Å². The molecule has 6 heteroatoms. The maximum absolute atomic E-state index is 12.0. The lowest BCUT2D eigenvalue weighted by atomic mass is 10.2. The van der Waals surface area contributed by atoms with Crippen molar-refractivity contribution in [2.24, 2.45) is 0 Å². The molecule has 2 N–H and O–H groups in total. The normalized spacial score (nSPS) is 10.4. The van der Waals surface area contributed by atoms with Crippen molar-refractivity contribution < 1.29 is 23.8 Å². The van der Waals surface area contributed by atoms with Crippen LogP contribution in [0.25, 0.3) is 0 Å². The zero-order chi connectivity index (χ0) is 17.5. The van der Waals surface area contributed by atoms with E-state index in [1.807, 2.05) is 31.2 Å². The number of carboxylic acids is 1. The number of benzene rings is 1. The number of hydrogen-bond donors (Lipinski definition) is 2. The van der Waals surface area contributed by atoms with Gasteiger partial charge >= 0.3 is 5.97 Å². The molecule has 0 bridgehead atoms. The number of ether oxygens (including phenoxy) is 1. The van der Waals surface area contributed by atoms with Gasteiger partial charge in [0.2, 0.25) is 0 Å². The summed E-state index contributed by atoms with van der Waals surface area (Å²) in [5.41, 5.74) is 1.20. The van der Waals surface area contributed by atoms with Crippen LogP contribution in [0.4, 0.5) is 0 Å². The van der Waals surface area contributed by atoms with Crippen molar-refractivity contribution in [1.82, 2.24) is 5.32 Å². The Hall–Kier alpha value is -2.76. The van der Waals surface area contributed by atoms with E-state index in [-0.39, 0.29) is 11.3 Å². The number of aromatic carboxylic acids is 1. The number of nitrogens with one attached hydrogen (secondary N) is 1. The van der Waals surface area contributed by atoms with Gasteiger partial charge in [0.25, 0.3) is 5.91 Å². The number of carbonyl (C=O) groups is 2. The molecular weight excluding hydrogens is 310 g/mol. The van der Waals surface area contributed by atoms with Crippen LogP contribution in [0.3, 0.4) is 0 Å².